The Morgan fingerprint density at radius 3 is 2.63 bits per heavy atom. The second-order valence-corrected chi connectivity index (χ2v) is 5.20. The molecule has 1 amide bonds. The fourth-order valence-electron chi connectivity index (χ4n) is 1.46. The summed E-state index contributed by atoms with van der Waals surface area (Å²) in [5.41, 5.74) is 0.111. The number of carbonyl (C=O) groups is 2. The Balaban J connectivity index is 2.35. The van der Waals surface area contributed by atoms with Crippen molar-refractivity contribution in [2.24, 2.45) is 0 Å². The van der Waals surface area contributed by atoms with E-state index in [1.54, 1.807) is 6.07 Å². The van der Waals surface area contributed by atoms with Crippen LogP contribution in [0, 0.1) is 0 Å². The predicted molar refractivity (Wildman–Crippen MR) is 69.6 cm³/mol. The van der Waals surface area contributed by atoms with Gasteiger partial charge in [0, 0.05) is 5.54 Å². The first-order chi connectivity index (χ1) is 8.81. The van der Waals surface area contributed by atoms with E-state index >= 15 is 0 Å². The highest BCUT2D eigenvalue weighted by Gasteiger charge is 2.14. The van der Waals surface area contributed by atoms with Crippen molar-refractivity contribution < 1.29 is 18.7 Å². The number of rotatable bonds is 5. The fourth-order valence-corrected chi connectivity index (χ4v) is 1.46. The Bertz CT molecular complexity index is 446. The molecule has 6 nitrogen and oxygen atoms in total. The van der Waals surface area contributed by atoms with Crippen LogP contribution in [0.2, 0.25) is 0 Å². The molecule has 0 aromatic carbocycles. The van der Waals surface area contributed by atoms with Crippen molar-refractivity contribution >= 4 is 11.9 Å². The van der Waals surface area contributed by atoms with Crippen LogP contribution in [-0.4, -0.2) is 31.1 Å². The summed E-state index contributed by atoms with van der Waals surface area (Å²) in [5.74, 6) is 0.0386. The Kier molecular flexibility index (Phi) is 5.11. The van der Waals surface area contributed by atoms with Gasteiger partial charge >= 0.3 is 5.97 Å². The summed E-state index contributed by atoms with van der Waals surface area (Å²) in [6.45, 7) is 6.31. The van der Waals surface area contributed by atoms with Gasteiger partial charge in [-0.05, 0) is 26.8 Å². The van der Waals surface area contributed by atoms with E-state index in [9.17, 15) is 9.59 Å². The first-order valence-corrected chi connectivity index (χ1v) is 5.99. The average molecular weight is 268 g/mol. The maximum absolute atomic E-state index is 11.5. The molecule has 1 heterocycles. The molecule has 0 aliphatic carbocycles. The third-order valence-corrected chi connectivity index (χ3v) is 2.17. The van der Waals surface area contributed by atoms with E-state index in [1.165, 1.54) is 13.4 Å². The van der Waals surface area contributed by atoms with Gasteiger partial charge in [-0.15, -0.1) is 0 Å². The third-order valence-electron chi connectivity index (χ3n) is 2.17. The molecule has 0 spiro atoms. The van der Waals surface area contributed by atoms with E-state index in [0.29, 0.717) is 17.9 Å². The van der Waals surface area contributed by atoms with Gasteiger partial charge in [0.2, 0.25) is 5.91 Å². The van der Waals surface area contributed by atoms with Gasteiger partial charge in [0.15, 0.2) is 0 Å². The van der Waals surface area contributed by atoms with E-state index in [2.05, 4.69) is 15.4 Å². The molecular formula is C13H20N2O4. The van der Waals surface area contributed by atoms with Gasteiger partial charge in [-0.2, -0.15) is 0 Å². The number of methoxy groups -OCH3 is 1. The van der Waals surface area contributed by atoms with Crippen LogP contribution in [0.15, 0.2) is 16.7 Å². The lowest BCUT2D eigenvalue weighted by Gasteiger charge is -2.20. The van der Waals surface area contributed by atoms with Gasteiger partial charge in [0.25, 0.3) is 0 Å². The molecule has 19 heavy (non-hydrogen) atoms. The quantitative estimate of drug-likeness (QED) is 0.781. The van der Waals surface area contributed by atoms with E-state index in [0.717, 1.165) is 0 Å². The monoisotopic (exact) mass is 268 g/mol. The molecule has 6 heteroatoms. The van der Waals surface area contributed by atoms with Gasteiger partial charge in [-0.25, -0.2) is 4.79 Å². The highest BCUT2D eigenvalue weighted by molar-refractivity contribution is 5.88. The maximum Gasteiger partial charge on any atom is 0.341 e. The van der Waals surface area contributed by atoms with Crippen LogP contribution >= 0.6 is 0 Å². The largest absolute Gasteiger partial charge is 0.467 e. The Labute approximate surface area is 112 Å². The number of hydrogen-bond donors (Lipinski definition) is 2. The summed E-state index contributed by atoms with van der Waals surface area (Å²) < 4.78 is 9.74. The van der Waals surface area contributed by atoms with Gasteiger partial charge in [-0.1, -0.05) is 0 Å². The topological polar surface area (TPSA) is 80.6 Å². The maximum atomic E-state index is 11.5. The average Bonchev–Trinajstić information content (AvgIpc) is 2.74. The molecular weight excluding hydrogens is 248 g/mol. The zero-order valence-corrected chi connectivity index (χ0v) is 11.7. The normalized spacial score (nSPS) is 11.2. The summed E-state index contributed by atoms with van der Waals surface area (Å²) in [4.78, 5) is 22.7. The van der Waals surface area contributed by atoms with Gasteiger partial charge < -0.3 is 19.8 Å². The molecule has 0 bridgehead atoms. The van der Waals surface area contributed by atoms with Gasteiger partial charge in [-0.3, -0.25) is 4.79 Å². The lowest BCUT2D eigenvalue weighted by atomic mass is 10.1. The van der Waals surface area contributed by atoms with Crippen molar-refractivity contribution in [1.29, 1.82) is 0 Å². The molecule has 0 saturated carbocycles. The highest BCUT2D eigenvalue weighted by atomic mass is 16.5. The zero-order valence-electron chi connectivity index (χ0n) is 11.7. The minimum Gasteiger partial charge on any atom is -0.467 e. The van der Waals surface area contributed by atoms with Crippen LogP contribution in [0.5, 0.6) is 0 Å². The Morgan fingerprint density at radius 1 is 1.37 bits per heavy atom. The minimum absolute atomic E-state index is 0.0905. The number of nitrogens with one attached hydrogen (secondary N) is 2. The van der Waals surface area contributed by atoms with E-state index in [-0.39, 0.29) is 18.0 Å². The second kappa shape index (κ2) is 6.38. The molecule has 0 aliphatic heterocycles. The Hall–Kier alpha value is -1.82. The predicted octanol–water partition coefficient (Wildman–Crippen LogP) is 1.07. The van der Waals surface area contributed by atoms with Gasteiger partial charge in [0.05, 0.1) is 25.8 Å². The molecule has 1 rings (SSSR count). The SMILES string of the molecule is COC(=O)c1coc(CNCC(=O)NC(C)(C)C)c1. The lowest BCUT2D eigenvalue weighted by Crippen LogP contribution is -2.44. The number of furan rings is 1. The minimum atomic E-state index is -0.444. The molecule has 1 aromatic rings. The van der Waals surface area contributed by atoms with E-state index < -0.39 is 5.97 Å². The van der Waals surface area contributed by atoms with Crippen LogP contribution in [-0.2, 0) is 16.1 Å². The smallest absolute Gasteiger partial charge is 0.341 e. The number of esters is 1. The number of amides is 1. The van der Waals surface area contributed by atoms with Crippen molar-refractivity contribution in [3.05, 3.63) is 23.7 Å². The van der Waals surface area contributed by atoms with Crippen molar-refractivity contribution in [1.82, 2.24) is 10.6 Å². The standard InChI is InChI=1S/C13H20N2O4/c1-13(2,3)15-11(16)7-14-6-10-5-9(8-19-10)12(17)18-4/h5,8,14H,6-7H2,1-4H3,(H,15,16). The van der Waals surface area contributed by atoms with Gasteiger partial charge in [0.1, 0.15) is 12.0 Å². The van der Waals surface area contributed by atoms with Crippen LogP contribution in [0.1, 0.15) is 36.9 Å². The molecule has 0 unspecified atom stereocenters. The van der Waals surface area contributed by atoms with Crippen molar-refractivity contribution in [2.45, 2.75) is 32.9 Å². The molecule has 106 valence electrons. The van der Waals surface area contributed by atoms with Crippen LogP contribution < -0.4 is 10.6 Å². The van der Waals surface area contributed by atoms with Crippen LogP contribution in [0.4, 0.5) is 0 Å². The molecule has 0 saturated heterocycles. The third kappa shape index (κ3) is 5.56. The summed E-state index contributed by atoms with van der Waals surface area (Å²) in [6, 6.07) is 1.58. The fraction of sp³-hybridized carbons (Fsp3) is 0.538. The molecule has 0 atom stereocenters. The molecule has 0 radical (unpaired) electrons. The molecule has 0 fully saturated rings. The van der Waals surface area contributed by atoms with E-state index in [1.807, 2.05) is 20.8 Å². The van der Waals surface area contributed by atoms with Crippen LogP contribution in [0.3, 0.4) is 0 Å². The number of carbonyl (C=O) groups excluding carboxylic acids is 2. The van der Waals surface area contributed by atoms with Crippen molar-refractivity contribution in [3.63, 3.8) is 0 Å². The first-order valence-electron chi connectivity index (χ1n) is 5.99. The summed E-state index contributed by atoms with van der Waals surface area (Å²) in [6.07, 6.45) is 1.33. The molecule has 0 aliphatic rings. The number of ether oxygens (including phenoxy) is 1. The number of hydrogen-bond acceptors (Lipinski definition) is 5. The first kappa shape index (κ1) is 15.2. The van der Waals surface area contributed by atoms with Crippen molar-refractivity contribution in [2.75, 3.05) is 13.7 Å². The van der Waals surface area contributed by atoms with E-state index in [4.69, 9.17) is 4.42 Å². The summed E-state index contributed by atoms with van der Waals surface area (Å²) in [7, 11) is 1.31. The second-order valence-electron chi connectivity index (χ2n) is 5.20. The lowest BCUT2D eigenvalue weighted by molar-refractivity contribution is -0.121. The van der Waals surface area contributed by atoms with Crippen molar-refractivity contribution in [3.8, 4) is 0 Å². The molecule has 2 N–H and O–H groups in total. The summed E-state index contributed by atoms with van der Waals surface area (Å²) >= 11 is 0. The molecule has 1 aromatic heterocycles. The Morgan fingerprint density at radius 2 is 2.05 bits per heavy atom. The zero-order chi connectivity index (χ0) is 14.5. The van der Waals surface area contributed by atoms with Crippen LogP contribution in [0.25, 0.3) is 0 Å². The highest BCUT2D eigenvalue weighted by Crippen LogP contribution is 2.08. The summed E-state index contributed by atoms with van der Waals surface area (Å²) in [5, 5.41) is 5.77.